The van der Waals surface area contributed by atoms with Crippen LogP contribution < -0.4 is 5.32 Å². The van der Waals surface area contributed by atoms with E-state index in [2.05, 4.69) is 5.32 Å². The number of anilines is 1. The minimum atomic E-state index is -4.06. The number of esters is 1. The summed E-state index contributed by atoms with van der Waals surface area (Å²) in [5.74, 6) is -3.27. The largest absolute Gasteiger partial charge is 0.455 e. The molecule has 32 heavy (non-hydrogen) atoms. The van der Waals surface area contributed by atoms with Crippen molar-refractivity contribution in [3.05, 3.63) is 59.4 Å². The summed E-state index contributed by atoms with van der Waals surface area (Å²) in [6.07, 6.45) is 0. The van der Waals surface area contributed by atoms with Gasteiger partial charge in [-0.05, 0) is 42.5 Å². The highest BCUT2D eigenvalue weighted by molar-refractivity contribution is 7.89. The van der Waals surface area contributed by atoms with E-state index in [-0.39, 0.29) is 21.7 Å². The molecule has 0 aliphatic carbocycles. The second-order valence-corrected chi connectivity index (χ2v) is 8.90. The van der Waals surface area contributed by atoms with Gasteiger partial charge in [0, 0.05) is 19.8 Å². The number of nitrogens with one attached hydrogen (secondary N) is 1. The van der Waals surface area contributed by atoms with Crippen molar-refractivity contribution >= 4 is 39.4 Å². The number of benzene rings is 2. The van der Waals surface area contributed by atoms with Crippen molar-refractivity contribution in [1.29, 1.82) is 0 Å². The summed E-state index contributed by atoms with van der Waals surface area (Å²) >= 11 is 0. The van der Waals surface area contributed by atoms with Gasteiger partial charge in [-0.3, -0.25) is 24.1 Å². The first-order valence-electron chi connectivity index (χ1n) is 9.14. The summed E-state index contributed by atoms with van der Waals surface area (Å²) in [4.78, 5) is 48.6. The molecule has 2 aromatic carbocycles. The van der Waals surface area contributed by atoms with E-state index in [1.807, 2.05) is 0 Å². The minimum Gasteiger partial charge on any atom is -0.455 e. The van der Waals surface area contributed by atoms with Crippen molar-refractivity contribution in [2.75, 3.05) is 32.6 Å². The van der Waals surface area contributed by atoms with E-state index >= 15 is 0 Å². The van der Waals surface area contributed by atoms with E-state index in [9.17, 15) is 32.0 Å². The highest BCUT2D eigenvalue weighted by atomic mass is 32.2. The van der Waals surface area contributed by atoms with Crippen molar-refractivity contribution < 1.29 is 36.7 Å². The standard InChI is InChI=1S/C20H18FN3O7S/c1-23(32(29,30)14-6-3-12(21)4-7-14)10-18(26)31-11-17(25)22-13-5-8-15-16(9-13)20(28)24(2)19(15)27/h3-9H,10-11H2,1-2H3,(H,22,25). The Hall–Kier alpha value is -3.64. The third kappa shape index (κ3) is 4.65. The molecule has 3 rings (SSSR count). The number of hydrogen-bond acceptors (Lipinski definition) is 7. The fourth-order valence-electron chi connectivity index (χ4n) is 2.88. The topological polar surface area (TPSA) is 130 Å². The molecule has 0 radical (unpaired) electrons. The second-order valence-electron chi connectivity index (χ2n) is 6.85. The Morgan fingerprint density at radius 3 is 2.34 bits per heavy atom. The summed E-state index contributed by atoms with van der Waals surface area (Å²) in [5, 5.41) is 2.43. The maximum absolute atomic E-state index is 13.0. The van der Waals surface area contributed by atoms with Crippen LogP contribution in [0, 0.1) is 5.82 Å². The highest BCUT2D eigenvalue weighted by Gasteiger charge is 2.32. The first-order valence-corrected chi connectivity index (χ1v) is 10.6. The first-order chi connectivity index (χ1) is 15.0. The van der Waals surface area contributed by atoms with Crippen LogP contribution in [0.5, 0.6) is 0 Å². The number of imide groups is 1. The van der Waals surface area contributed by atoms with E-state index in [0.29, 0.717) is 4.31 Å². The number of nitrogens with zero attached hydrogens (tertiary/aromatic N) is 2. The first kappa shape index (κ1) is 23.0. The second kappa shape index (κ2) is 8.85. The van der Waals surface area contributed by atoms with E-state index in [4.69, 9.17) is 4.74 Å². The number of carbonyl (C=O) groups excluding carboxylic acids is 4. The lowest BCUT2D eigenvalue weighted by Crippen LogP contribution is -2.34. The molecular formula is C20H18FN3O7S. The van der Waals surface area contributed by atoms with Gasteiger partial charge >= 0.3 is 5.97 Å². The summed E-state index contributed by atoms with van der Waals surface area (Å²) in [7, 11) is -1.57. The molecule has 168 valence electrons. The lowest BCUT2D eigenvalue weighted by molar-refractivity contribution is -0.147. The van der Waals surface area contributed by atoms with Gasteiger partial charge < -0.3 is 10.1 Å². The van der Waals surface area contributed by atoms with Crippen molar-refractivity contribution in [3.8, 4) is 0 Å². The maximum Gasteiger partial charge on any atom is 0.321 e. The van der Waals surface area contributed by atoms with Gasteiger partial charge in [-0.2, -0.15) is 4.31 Å². The van der Waals surface area contributed by atoms with Crippen LogP contribution in [-0.2, 0) is 24.3 Å². The molecule has 1 aliphatic rings. The fraction of sp³-hybridized carbons (Fsp3) is 0.200. The number of ether oxygens (including phenoxy) is 1. The molecule has 10 nitrogen and oxygen atoms in total. The Kier molecular flexibility index (Phi) is 6.37. The number of hydrogen-bond donors (Lipinski definition) is 1. The third-order valence-electron chi connectivity index (χ3n) is 4.61. The molecule has 0 saturated heterocycles. The Labute approximate surface area is 182 Å². The minimum absolute atomic E-state index is 0.139. The van der Waals surface area contributed by atoms with Crippen LogP contribution in [-0.4, -0.2) is 68.6 Å². The van der Waals surface area contributed by atoms with E-state index < -0.39 is 52.7 Å². The predicted octanol–water partition coefficient (Wildman–Crippen LogP) is 0.854. The lowest BCUT2D eigenvalue weighted by Gasteiger charge is -2.16. The van der Waals surface area contributed by atoms with Gasteiger partial charge in [0.15, 0.2) is 6.61 Å². The summed E-state index contributed by atoms with van der Waals surface area (Å²) in [6.45, 7) is -1.37. The number of carbonyl (C=O) groups is 4. The number of likely N-dealkylation sites (N-methyl/N-ethyl adjacent to an activating group) is 1. The van der Waals surface area contributed by atoms with Crippen molar-refractivity contribution in [2.45, 2.75) is 4.90 Å². The molecular weight excluding hydrogens is 445 g/mol. The fourth-order valence-corrected chi connectivity index (χ4v) is 4.00. The van der Waals surface area contributed by atoms with Crippen LogP contribution in [0.1, 0.15) is 20.7 Å². The van der Waals surface area contributed by atoms with Gasteiger partial charge in [0.1, 0.15) is 12.4 Å². The van der Waals surface area contributed by atoms with Crippen LogP contribution in [0.3, 0.4) is 0 Å². The SMILES string of the molecule is CN1C(=O)c2ccc(NC(=O)COC(=O)CN(C)S(=O)(=O)c3ccc(F)cc3)cc2C1=O. The van der Waals surface area contributed by atoms with Crippen LogP contribution in [0.25, 0.3) is 0 Å². The van der Waals surface area contributed by atoms with Gasteiger partial charge in [-0.1, -0.05) is 0 Å². The Balaban J connectivity index is 1.54. The Bertz CT molecular complexity index is 1210. The monoisotopic (exact) mass is 463 g/mol. The molecule has 1 N–H and O–H groups in total. The summed E-state index contributed by atoms with van der Waals surface area (Å²) in [5.41, 5.74) is 0.574. The molecule has 3 amide bonds. The average Bonchev–Trinajstić information content (AvgIpc) is 2.96. The average molecular weight is 463 g/mol. The van der Waals surface area contributed by atoms with Crippen molar-refractivity contribution in [2.24, 2.45) is 0 Å². The van der Waals surface area contributed by atoms with Gasteiger partial charge in [0.05, 0.1) is 16.0 Å². The Morgan fingerprint density at radius 2 is 1.69 bits per heavy atom. The zero-order valence-electron chi connectivity index (χ0n) is 17.0. The van der Waals surface area contributed by atoms with Crippen LogP contribution >= 0.6 is 0 Å². The van der Waals surface area contributed by atoms with E-state index in [1.165, 1.54) is 25.2 Å². The van der Waals surface area contributed by atoms with E-state index in [0.717, 1.165) is 36.2 Å². The molecule has 12 heteroatoms. The zero-order chi connectivity index (χ0) is 23.6. The smallest absolute Gasteiger partial charge is 0.321 e. The Morgan fingerprint density at radius 1 is 1.06 bits per heavy atom. The van der Waals surface area contributed by atoms with E-state index in [1.54, 1.807) is 0 Å². The molecule has 0 atom stereocenters. The summed E-state index contributed by atoms with van der Waals surface area (Å²) in [6, 6.07) is 8.23. The molecule has 1 aliphatic heterocycles. The number of sulfonamides is 1. The normalized spacial score (nSPS) is 13.3. The number of amides is 3. The number of fused-ring (bicyclic) bond motifs is 1. The van der Waals surface area contributed by atoms with Crippen LogP contribution in [0.15, 0.2) is 47.4 Å². The van der Waals surface area contributed by atoms with Crippen LogP contribution in [0.2, 0.25) is 0 Å². The maximum atomic E-state index is 13.0. The van der Waals surface area contributed by atoms with Crippen molar-refractivity contribution in [3.63, 3.8) is 0 Å². The third-order valence-corrected chi connectivity index (χ3v) is 6.43. The highest BCUT2D eigenvalue weighted by Crippen LogP contribution is 2.24. The zero-order valence-corrected chi connectivity index (χ0v) is 17.8. The van der Waals surface area contributed by atoms with Gasteiger partial charge in [0.2, 0.25) is 10.0 Å². The van der Waals surface area contributed by atoms with Gasteiger partial charge in [0.25, 0.3) is 17.7 Å². The lowest BCUT2D eigenvalue weighted by atomic mass is 10.1. The molecule has 2 aromatic rings. The molecule has 0 spiro atoms. The summed E-state index contributed by atoms with van der Waals surface area (Å²) < 4.78 is 43.3. The number of rotatable bonds is 7. The molecule has 0 bridgehead atoms. The molecule has 0 saturated carbocycles. The predicted molar refractivity (Wildman–Crippen MR) is 109 cm³/mol. The quantitative estimate of drug-likeness (QED) is 0.476. The molecule has 0 unspecified atom stereocenters. The molecule has 1 heterocycles. The van der Waals surface area contributed by atoms with Crippen LogP contribution in [0.4, 0.5) is 10.1 Å². The number of halogens is 1. The van der Waals surface area contributed by atoms with Crippen molar-refractivity contribution in [1.82, 2.24) is 9.21 Å². The molecule has 0 aromatic heterocycles. The van der Waals surface area contributed by atoms with Gasteiger partial charge in [-0.15, -0.1) is 0 Å². The van der Waals surface area contributed by atoms with Gasteiger partial charge in [-0.25, -0.2) is 12.8 Å². The molecule has 0 fully saturated rings.